The fourth-order valence-electron chi connectivity index (χ4n) is 3.02. The molecule has 0 aliphatic carbocycles. The molecule has 1 atom stereocenters. The van der Waals surface area contributed by atoms with Crippen LogP contribution in [0.5, 0.6) is 11.5 Å². The molecule has 2 aromatic carbocycles. The predicted molar refractivity (Wildman–Crippen MR) is 103 cm³/mol. The van der Waals surface area contributed by atoms with E-state index in [1.54, 1.807) is 0 Å². The molecule has 0 unspecified atom stereocenters. The summed E-state index contributed by atoms with van der Waals surface area (Å²) in [5, 5.41) is 20.0. The minimum absolute atomic E-state index is 0.230. The first kappa shape index (κ1) is 17.9. The lowest BCUT2D eigenvalue weighted by Crippen LogP contribution is -2.06. The summed E-state index contributed by atoms with van der Waals surface area (Å²) in [4.78, 5) is 0. The van der Waals surface area contributed by atoms with Gasteiger partial charge in [-0.2, -0.15) is 0 Å². The Morgan fingerprint density at radius 3 is 2.74 bits per heavy atom. The summed E-state index contributed by atoms with van der Waals surface area (Å²) in [6.45, 7) is 3.10. The highest BCUT2D eigenvalue weighted by Gasteiger charge is 2.18. The van der Waals surface area contributed by atoms with Gasteiger partial charge in [0.1, 0.15) is 5.82 Å². The number of aromatic nitrogens is 3. The van der Waals surface area contributed by atoms with Crippen molar-refractivity contribution in [1.29, 1.82) is 0 Å². The highest BCUT2D eigenvalue weighted by molar-refractivity contribution is 7.99. The molecule has 6 nitrogen and oxygen atoms in total. The summed E-state index contributed by atoms with van der Waals surface area (Å²) in [5.74, 6) is 2.82. The number of hydrogen-bond donors (Lipinski definition) is 1. The fourth-order valence-corrected chi connectivity index (χ4v) is 4.01. The summed E-state index contributed by atoms with van der Waals surface area (Å²) in [6.07, 6.45) is 0.122. The van der Waals surface area contributed by atoms with Crippen LogP contribution >= 0.6 is 11.8 Å². The molecule has 0 spiro atoms. The average molecular weight is 383 g/mol. The second-order valence-corrected chi connectivity index (χ2v) is 7.23. The molecule has 1 aliphatic rings. The van der Waals surface area contributed by atoms with E-state index >= 15 is 0 Å². The Labute approximate surface area is 162 Å². The van der Waals surface area contributed by atoms with Gasteiger partial charge in [-0.05, 0) is 30.2 Å². The van der Waals surface area contributed by atoms with Gasteiger partial charge >= 0.3 is 0 Å². The van der Waals surface area contributed by atoms with Gasteiger partial charge in [-0.1, -0.05) is 48.2 Å². The number of hydrogen-bond acceptors (Lipinski definition) is 6. The van der Waals surface area contributed by atoms with Gasteiger partial charge in [0.2, 0.25) is 6.79 Å². The van der Waals surface area contributed by atoms with Crippen LogP contribution in [0.3, 0.4) is 0 Å². The fraction of sp³-hybridized carbons (Fsp3) is 0.300. The Balaban J connectivity index is 1.43. The summed E-state index contributed by atoms with van der Waals surface area (Å²) in [6, 6.07) is 15.8. The van der Waals surface area contributed by atoms with Crippen LogP contribution in [0, 0.1) is 0 Å². The zero-order valence-electron chi connectivity index (χ0n) is 15.0. The Morgan fingerprint density at radius 2 is 1.93 bits per heavy atom. The summed E-state index contributed by atoms with van der Waals surface area (Å²) < 4.78 is 12.8. The monoisotopic (exact) mass is 383 g/mol. The van der Waals surface area contributed by atoms with E-state index in [1.807, 2.05) is 36.4 Å². The van der Waals surface area contributed by atoms with Gasteiger partial charge in [0.05, 0.1) is 6.10 Å². The number of aliphatic hydroxyl groups excluding tert-OH is 1. The first-order valence-electron chi connectivity index (χ1n) is 8.91. The molecule has 0 amide bonds. The molecule has 1 aliphatic heterocycles. The minimum atomic E-state index is -0.621. The van der Waals surface area contributed by atoms with Crippen molar-refractivity contribution in [2.75, 3.05) is 12.5 Å². The van der Waals surface area contributed by atoms with E-state index in [-0.39, 0.29) is 6.79 Å². The van der Waals surface area contributed by atoms with Crippen LogP contribution in [0.1, 0.15) is 30.0 Å². The zero-order valence-corrected chi connectivity index (χ0v) is 15.9. The Hall–Kier alpha value is -2.51. The van der Waals surface area contributed by atoms with Crippen LogP contribution in [0.15, 0.2) is 53.7 Å². The molecule has 0 fully saturated rings. The van der Waals surface area contributed by atoms with Gasteiger partial charge in [-0.25, -0.2) is 0 Å². The van der Waals surface area contributed by atoms with E-state index in [2.05, 4.69) is 33.8 Å². The molecular weight excluding hydrogens is 362 g/mol. The first-order valence-corrected chi connectivity index (χ1v) is 9.89. The Kier molecular flexibility index (Phi) is 5.31. The molecule has 1 aromatic heterocycles. The lowest BCUT2D eigenvalue weighted by atomic mass is 10.1. The van der Waals surface area contributed by atoms with E-state index in [1.165, 1.54) is 17.3 Å². The molecule has 2 heterocycles. The van der Waals surface area contributed by atoms with Crippen LogP contribution in [-0.4, -0.2) is 32.4 Å². The summed E-state index contributed by atoms with van der Waals surface area (Å²) in [7, 11) is 0. The largest absolute Gasteiger partial charge is 0.454 e. The second kappa shape index (κ2) is 8.02. The average Bonchev–Trinajstić information content (AvgIpc) is 3.32. The maximum atomic E-state index is 10.5. The predicted octanol–water partition coefficient (Wildman–Crippen LogP) is 3.44. The van der Waals surface area contributed by atoms with Crippen molar-refractivity contribution in [3.8, 4) is 11.5 Å². The molecule has 27 heavy (non-hydrogen) atoms. The maximum Gasteiger partial charge on any atom is 0.231 e. The third-order valence-corrected chi connectivity index (χ3v) is 5.51. The molecular formula is C20H21N3O3S. The van der Waals surface area contributed by atoms with Crippen molar-refractivity contribution in [3.05, 3.63) is 65.5 Å². The van der Waals surface area contributed by atoms with Crippen molar-refractivity contribution in [2.45, 2.75) is 31.1 Å². The first-order chi connectivity index (χ1) is 13.2. The van der Waals surface area contributed by atoms with Crippen LogP contribution in [0.2, 0.25) is 0 Å². The van der Waals surface area contributed by atoms with Crippen molar-refractivity contribution in [3.63, 3.8) is 0 Å². The second-order valence-electron chi connectivity index (χ2n) is 6.24. The van der Waals surface area contributed by atoms with Crippen LogP contribution in [-0.2, 0) is 13.0 Å². The number of rotatable bonds is 7. The van der Waals surface area contributed by atoms with E-state index in [9.17, 15) is 5.11 Å². The zero-order chi connectivity index (χ0) is 18.6. The van der Waals surface area contributed by atoms with Gasteiger partial charge < -0.3 is 19.1 Å². The van der Waals surface area contributed by atoms with Crippen LogP contribution in [0.25, 0.3) is 0 Å². The Morgan fingerprint density at radius 1 is 1.11 bits per heavy atom. The molecule has 7 heteroatoms. The minimum Gasteiger partial charge on any atom is -0.454 e. The normalized spacial score (nSPS) is 13.7. The van der Waals surface area contributed by atoms with Gasteiger partial charge in [-0.3, -0.25) is 0 Å². The molecule has 0 bridgehead atoms. The number of thioether (sulfide) groups is 1. The standard InChI is InChI=1S/C20H21N3O3S/c1-2-23-19(10-14-6-4-3-5-7-14)21-22-20(23)27-12-16(24)15-8-9-17-18(11-15)26-13-25-17/h3-9,11,16,24H,2,10,12-13H2,1H3/t16-/m1/s1. The number of benzene rings is 2. The highest BCUT2D eigenvalue weighted by atomic mass is 32.2. The smallest absolute Gasteiger partial charge is 0.231 e. The van der Waals surface area contributed by atoms with E-state index in [0.29, 0.717) is 11.5 Å². The van der Waals surface area contributed by atoms with E-state index < -0.39 is 6.10 Å². The van der Waals surface area contributed by atoms with E-state index in [0.717, 1.165) is 35.3 Å². The molecule has 0 saturated carbocycles. The topological polar surface area (TPSA) is 69.4 Å². The number of aliphatic hydroxyl groups is 1. The van der Waals surface area contributed by atoms with Gasteiger partial charge in [0.15, 0.2) is 16.7 Å². The third kappa shape index (κ3) is 3.94. The van der Waals surface area contributed by atoms with Crippen molar-refractivity contribution >= 4 is 11.8 Å². The number of ether oxygens (including phenoxy) is 2. The molecule has 140 valence electrons. The van der Waals surface area contributed by atoms with E-state index in [4.69, 9.17) is 9.47 Å². The Bertz CT molecular complexity index is 914. The molecule has 0 radical (unpaired) electrons. The SMILES string of the molecule is CCn1c(Cc2ccccc2)nnc1SC[C@@H](O)c1ccc2c(c1)OCO2. The van der Waals surface area contributed by atoms with Crippen molar-refractivity contribution < 1.29 is 14.6 Å². The van der Waals surface area contributed by atoms with Crippen LogP contribution < -0.4 is 9.47 Å². The quantitative estimate of drug-likeness (QED) is 0.630. The molecule has 4 rings (SSSR count). The van der Waals surface area contributed by atoms with Gasteiger partial charge in [-0.15, -0.1) is 10.2 Å². The van der Waals surface area contributed by atoms with Crippen molar-refractivity contribution in [1.82, 2.24) is 14.8 Å². The highest BCUT2D eigenvalue weighted by Crippen LogP contribution is 2.35. The van der Waals surface area contributed by atoms with Crippen LogP contribution in [0.4, 0.5) is 0 Å². The number of fused-ring (bicyclic) bond motifs is 1. The maximum absolute atomic E-state index is 10.5. The molecule has 1 N–H and O–H groups in total. The van der Waals surface area contributed by atoms with Gasteiger partial charge in [0.25, 0.3) is 0 Å². The molecule has 3 aromatic rings. The number of nitrogens with zero attached hydrogens (tertiary/aromatic N) is 3. The summed E-state index contributed by atoms with van der Waals surface area (Å²) in [5.41, 5.74) is 2.01. The van der Waals surface area contributed by atoms with Crippen molar-refractivity contribution in [2.24, 2.45) is 0 Å². The third-order valence-electron chi connectivity index (χ3n) is 4.47. The lowest BCUT2D eigenvalue weighted by Gasteiger charge is -2.12. The lowest BCUT2D eigenvalue weighted by molar-refractivity contribution is 0.173. The van der Waals surface area contributed by atoms with Gasteiger partial charge in [0, 0.05) is 18.7 Å². The molecule has 0 saturated heterocycles. The summed E-state index contributed by atoms with van der Waals surface area (Å²) >= 11 is 1.51.